The van der Waals surface area contributed by atoms with E-state index >= 15 is 0 Å². The maximum absolute atomic E-state index is 14.2. The molecule has 0 atom stereocenters. The molecule has 1 spiro atoms. The van der Waals surface area contributed by atoms with Crippen LogP contribution in [0.2, 0.25) is 0 Å². The fraction of sp³-hybridized carbons (Fsp3) is 0.424. The van der Waals surface area contributed by atoms with Gasteiger partial charge in [-0.2, -0.15) is 9.50 Å². The third-order valence-electron chi connectivity index (χ3n) is 10.1. The van der Waals surface area contributed by atoms with Gasteiger partial charge in [-0.25, -0.2) is 9.97 Å². The Morgan fingerprint density at radius 1 is 1.00 bits per heavy atom. The van der Waals surface area contributed by atoms with Gasteiger partial charge in [0.2, 0.25) is 11.7 Å². The van der Waals surface area contributed by atoms with E-state index in [0.29, 0.717) is 16.9 Å². The molecule has 1 aliphatic heterocycles. The Labute approximate surface area is 293 Å². The lowest BCUT2D eigenvalue weighted by atomic mass is 9.87. The van der Waals surface area contributed by atoms with Crippen LogP contribution in [0.15, 0.2) is 46.4 Å². The lowest BCUT2D eigenvalue weighted by molar-refractivity contribution is -0.116. The van der Waals surface area contributed by atoms with E-state index in [0.717, 1.165) is 41.5 Å². The Hall–Kier alpha value is -5.07. The molecular formula is C33H36F5N9O4S. The highest BCUT2D eigenvalue weighted by Crippen LogP contribution is 3.02. The second kappa shape index (κ2) is 11.7. The third-order valence-corrected chi connectivity index (χ3v) is 11.3. The van der Waals surface area contributed by atoms with Crippen LogP contribution in [0.25, 0.3) is 11.4 Å². The number of hydrogen-bond acceptors (Lipinski definition) is 9. The molecule has 13 nitrogen and oxygen atoms in total. The van der Waals surface area contributed by atoms with Crippen molar-refractivity contribution in [3.8, 4) is 5.75 Å². The van der Waals surface area contributed by atoms with Crippen LogP contribution in [0.3, 0.4) is 0 Å². The molecule has 1 saturated heterocycles. The van der Waals surface area contributed by atoms with Gasteiger partial charge in [-0.05, 0) is 80.7 Å². The molecule has 19 heteroatoms. The Bertz CT molecular complexity index is 2210. The summed E-state index contributed by atoms with van der Waals surface area (Å²) >= 11 is 0. The van der Waals surface area contributed by atoms with Crippen molar-refractivity contribution in [3.63, 3.8) is 0 Å². The van der Waals surface area contributed by atoms with Crippen LogP contribution in [0.1, 0.15) is 66.7 Å². The van der Waals surface area contributed by atoms with Gasteiger partial charge in [-0.3, -0.25) is 14.4 Å². The average molecular weight is 750 g/mol. The molecule has 1 saturated carbocycles. The van der Waals surface area contributed by atoms with Gasteiger partial charge in [0.05, 0.1) is 11.4 Å². The topological polar surface area (TPSA) is 151 Å². The summed E-state index contributed by atoms with van der Waals surface area (Å²) in [7, 11) is -9.91. The number of aromatic hydroxyl groups is 1. The highest BCUT2D eigenvalue weighted by molar-refractivity contribution is 8.45. The number of piperazine rings is 1. The lowest BCUT2D eigenvalue weighted by Crippen LogP contribution is -2.51. The van der Waals surface area contributed by atoms with Crippen molar-refractivity contribution in [2.24, 2.45) is 5.41 Å². The molecule has 1 aromatic carbocycles. The smallest absolute Gasteiger partial charge is 0.310 e. The summed E-state index contributed by atoms with van der Waals surface area (Å²) in [6, 6.07) is 1.94. The van der Waals surface area contributed by atoms with Crippen molar-refractivity contribution >= 4 is 44.8 Å². The van der Waals surface area contributed by atoms with Gasteiger partial charge in [0, 0.05) is 31.9 Å². The first kappa shape index (κ1) is 35.3. The number of aromatic nitrogens is 6. The number of fused-ring (bicyclic) bond motifs is 1. The second-order valence-electron chi connectivity index (χ2n) is 13.6. The number of aryl methyl sites for hydroxylation is 1. The standard InChI is InChI=1S/C33H36F5N9O4S/c1-3-24-27(44-14-16-45(17-15-44)30(50)26-28(49)20(2)39-19-40-26)31(51)47-32(42-29(43-47)21-8-10-33(11-9-21)12-13-33)46(24)18-25(48)41-22-4-6-23(7-5-22)52(34,35,36,37)38/h4-8,19,49H,3,9-18H2,1-2H3,(H,41,48). The maximum Gasteiger partial charge on any atom is 0.310 e. The predicted octanol–water partition coefficient (Wildman–Crippen LogP) is 5.86. The first-order valence-corrected chi connectivity index (χ1v) is 18.7. The van der Waals surface area contributed by atoms with E-state index in [1.165, 1.54) is 28.6 Å². The molecule has 3 aromatic heterocycles. The van der Waals surface area contributed by atoms with Gasteiger partial charge in [0.25, 0.3) is 11.5 Å². The molecule has 4 heterocycles. The number of nitrogens with one attached hydrogen (secondary N) is 1. The van der Waals surface area contributed by atoms with Crippen LogP contribution in [0, 0.1) is 12.3 Å². The highest BCUT2D eigenvalue weighted by Gasteiger charge is 2.65. The zero-order valence-electron chi connectivity index (χ0n) is 28.3. The summed E-state index contributed by atoms with van der Waals surface area (Å²) in [6.07, 6.45) is 8.46. The molecule has 0 radical (unpaired) electrons. The Balaban J connectivity index is 1.21. The van der Waals surface area contributed by atoms with Gasteiger partial charge in [-0.1, -0.05) is 32.4 Å². The number of rotatable bonds is 8. The summed E-state index contributed by atoms with van der Waals surface area (Å²) in [6.45, 7) is 3.68. The van der Waals surface area contributed by atoms with Crippen LogP contribution in [0.4, 0.5) is 30.8 Å². The lowest BCUT2D eigenvalue weighted by Gasteiger charge is -2.40. The molecule has 0 bridgehead atoms. The van der Waals surface area contributed by atoms with Gasteiger partial charge < -0.3 is 24.8 Å². The van der Waals surface area contributed by atoms with Crippen LogP contribution in [0.5, 0.6) is 5.75 Å². The summed E-state index contributed by atoms with van der Waals surface area (Å²) in [5.74, 6) is -1.08. The highest BCUT2D eigenvalue weighted by atomic mass is 32.5. The summed E-state index contributed by atoms with van der Waals surface area (Å²) in [4.78, 5) is 54.7. The number of anilines is 2. The predicted molar refractivity (Wildman–Crippen MR) is 183 cm³/mol. The Morgan fingerprint density at radius 2 is 1.69 bits per heavy atom. The largest absolute Gasteiger partial charge is 0.504 e. The minimum Gasteiger partial charge on any atom is -0.504 e. The Morgan fingerprint density at radius 3 is 2.29 bits per heavy atom. The number of amides is 2. The van der Waals surface area contributed by atoms with E-state index in [4.69, 9.17) is 4.98 Å². The van der Waals surface area contributed by atoms with Crippen molar-refractivity contribution in [1.29, 1.82) is 0 Å². The van der Waals surface area contributed by atoms with Crippen LogP contribution >= 0.6 is 10.2 Å². The molecule has 2 N–H and O–H groups in total. The summed E-state index contributed by atoms with van der Waals surface area (Å²) in [5, 5.41) is 17.4. The minimum atomic E-state index is -9.91. The third kappa shape index (κ3) is 6.68. The molecule has 2 amide bonds. The van der Waals surface area contributed by atoms with E-state index in [9.17, 15) is 38.9 Å². The second-order valence-corrected chi connectivity index (χ2v) is 16.0. The van der Waals surface area contributed by atoms with E-state index < -0.39 is 39.0 Å². The molecule has 4 aromatic rings. The molecular weight excluding hydrogens is 713 g/mol. The number of carbonyl (C=O) groups is 2. The molecule has 278 valence electrons. The van der Waals surface area contributed by atoms with Gasteiger partial charge >= 0.3 is 10.2 Å². The number of halogens is 5. The van der Waals surface area contributed by atoms with E-state index in [1.807, 2.05) is 0 Å². The van der Waals surface area contributed by atoms with Gasteiger partial charge in [-0.15, -0.1) is 5.10 Å². The molecule has 3 aliphatic rings. The molecule has 0 unspecified atom stereocenters. The van der Waals surface area contributed by atoms with Crippen molar-refractivity contribution in [2.45, 2.75) is 63.8 Å². The van der Waals surface area contributed by atoms with Crippen molar-refractivity contribution in [1.82, 2.24) is 34.0 Å². The monoisotopic (exact) mass is 749 g/mol. The Kier molecular flexibility index (Phi) is 7.97. The number of allylic oxidation sites excluding steroid dienone is 2. The zero-order chi connectivity index (χ0) is 37.3. The van der Waals surface area contributed by atoms with Crippen molar-refractivity contribution in [2.75, 3.05) is 36.4 Å². The van der Waals surface area contributed by atoms with Crippen molar-refractivity contribution in [3.05, 3.63) is 69.9 Å². The quantitative estimate of drug-likeness (QED) is 0.211. The first-order valence-electron chi connectivity index (χ1n) is 16.8. The first-order chi connectivity index (χ1) is 24.4. The fourth-order valence-electron chi connectivity index (χ4n) is 6.89. The van der Waals surface area contributed by atoms with Gasteiger partial charge in [0.1, 0.15) is 23.5 Å². The van der Waals surface area contributed by atoms with Crippen LogP contribution in [-0.2, 0) is 17.8 Å². The number of hydrogen-bond donors (Lipinski definition) is 2. The minimum absolute atomic E-state index is 0.0861. The molecule has 7 rings (SSSR count). The molecule has 2 fully saturated rings. The number of nitrogens with zero attached hydrogens (tertiary/aromatic N) is 8. The average Bonchev–Trinajstić information content (AvgIpc) is 3.69. The zero-order valence-corrected chi connectivity index (χ0v) is 29.1. The van der Waals surface area contributed by atoms with Crippen LogP contribution in [-0.4, -0.2) is 77.1 Å². The van der Waals surface area contributed by atoms with E-state index in [1.54, 1.807) is 18.7 Å². The molecule has 2 aliphatic carbocycles. The van der Waals surface area contributed by atoms with E-state index in [2.05, 4.69) is 26.5 Å². The summed E-state index contributed by atoms with van der Waals surface area (Å²) < 4.78 is 69.0. The number of benzene rings is 1. The molecule has 52 heavy (non-hydrogen) atoms. The maximum atomic E-state index is 14.2. The summed E-state index contributed by atoms with van der Waals surface area (Å²) in [5.41, 5.74) is 1.39. The fourth-order valence-corrected chi connectivity index (χ4v) is 7.54. The normalized spacial score (nSPS) is 18.6. The van der Waals surface area contributed by atoms with Crippen molar-refractivity contribution < 1.29 is 34.1 Å². The SMILES string of the molecule is CCc1c(N2CCN(C(=O)c3ncnc(C)c3O)CC2)c(=O)n2nc(C3=CCC4(CC3)CC4)nc2n1CC(=O)Nc1ccc(S(F)(F)(F)(F)F)cc1. The van der Waals surface area contributed by atoms with E-state index in [-0.39, 0.29) is 79.0 Å². The van der Waals surface area contributed by atoms with Gasteiger partial charge in [0.15, 0.2) is 17.3 Å². The number of carbonyl (C=O) groups excluding carboxylic acids is 2. The van der Waals surface area contributed by atoms with Crippen LogP contribution < -0.4 is 15.8 Å².